The third-order valence-corrected chi connectivity index (χ3v) is 3.70. The summed E-state index contributed by atoms with van der Waals surface area (Å²) >= 11 is 0. The smallest absolute Gasteiger partial charge is 0.267 e. The molecule has 0 saturated carbocycles. The number of unbranched alkanes of at least 4 members (excludes halogenated alkanes) is 1. The first-order chi connectivity index (χ1) is 13.0. The lowest BCUT2D eigenvalue weighted by atomic mass is 10.2. The van der Waals surface area contributed by atoms with Gasteiger partial charge in [0.1, 0.15) is 31.1 Å². The van der Waals surface area contributed by atoms with Gasteiger partial charge in [-0.15, -0.1) is 0 Å². The highest BCUT2D eigenvalue weighted by Gasteiger charge is 2.14. The van der Waals surface area contributed by atoms with Crippen molar-refractivity contribution in [1.82, 2.24) is 15.0 Å². The Hall–Kier alpha value is -2.78. The van der Waals surface area contributed by atoms with Crippen LogP contribution < -0.4 is 15.8 Å². The van der Waals surface area contributed by atoms with Gasteiger partial charge in [0.15, 0.2) is 11.6 Å². The van der Waals surface area contributed by atoms with Crippen molar-refractivity contribution in [3.05, 3.63) is 41.6 Å². The molecular weight excluding hydrogens is 350 g/mol. The van der Waals surface area contributed by atoms with Crippen molar-refractivity contribution < 1.29 is 19.4 Å². The number of nitrogens with zero attached hydrogens (tertiary/aromatic N) is 3. The van der Waals surface area contributed by atoms with Gasteiger partial charge in [0, 0.05) is 0 Å². The van der Waals surface area contributed by atoms with E-state index >= 15 is 0 Å². The largest absolute Gasteiger partial charge is 0.482 e. The molecule has 9 nitrogen and oxygen atoms in total. The van der Waals surface area contributed by atoms with Gasteiger partial charge in [-0.05, 0) is 31.9 Å². The van der Waals surface area contributed by atoms with Crippen LogP contribution in [0.3, 0.4) is 0 Å². The lowest BCUT2D eigenvalue weighted by Gasteiger charge is -2.20. The molecule has 0 aliphatic heterocycles. The van der Waals surface area contributed by atoms with Crippen LogP contribution in [0.25, 0.3) is 0 Å². The van der Waals surface area contributed by atoms with Gasteiger partial charge in [0.05, 0.1) is 11.9 Å². The van der Waals surface area contributed by atoms with Crippen molar-refractivity contribution >= 4 is 11.7 Å². The number of carbonyl (C=O) groups excluding carboxylic acids is 1. The summed E-state index contributed by atoms with van der Waals surface area (Å²) in [4.78, 5) is 23.9. The van der Waals surface area contributed by atoms with E-state index in [4.69, 9.17) is 20.3 Å². The second kappa shape index (κ2) is 10.4. The third-order valence-electron chi connectivity index (χ3n) is 3.70. The number of nitrogens with one attached hydrogen (secondary N) is 1. The molecule has 1 atom stereocenters. The number of amides is 1. The molecule has 2 aromatic rings. The summed E-state index contributed by atoms with van der Waals surface area (Å²) in [7, 11) is 0. The molecule has 0 fully saturated rings. The zero-order valence-corrected chi connectivity index (χ0v) is 15.5. The summed E-state index contributed by atoms with van der Waals surface area (Å²) in [5, 5.41) is 12.2. The third kappa shape index (κ3) is 6.46. The molecule has 1 unspecified atom stereocenters. The Morgan fingerprint density at radius 1 is 1.37 bits per heavy atom. The number of aliphatic hydroxyl groups excluding tert-OH is 1. The minimum Gasteiger partial charge on any atom is -0.482 e. The molecule has 0 bridgehead atoms. The topological polar surface area (TPSA) is 132 Å². The average Bonchev–Trinajstić information content (AvgIpc) is 2.66. The van der Waals surface area contributed by atoms with E-state index in [9.17, 15) is 4.79 Å². The van der Waals surface area contributed by atoms with Crippen LogP contribution in [-0.2, 0) is 11.3 Å². The quantitative estimate of drug-likeness (QED) is 0.506. The van der Waals surface area contributed by atoms with Crippen molar-refractivity contribution in [2.45, 2.75) is 45.9 Å². The van der Waals surface area contributed by atoms with E-state index in [0.29, 0.717) is 29.5 Å². The number of anilines is 1. The molecule has 4 N–H and O–H groups in total. The highest BCUT2D eigenvalue weighted by Crippen LogP contribution is 2.24. The average molecular weight is 375 g/mol. The maximum Gasteiger partial charge on any atom is 0.267 e. The molecule has 0 aromatic carbocycles. The van der Waals surface area contributed by atoms with Crippen LogP contribution in [0.4, 0.5) is 5.82 Å². The summed E-state index contributed by atoms with van der Waals surface area (Å²) < 4.78 is 11.1. The molecule has 1 amide bonds. The van der Waals surface area contributed by atoms with Gasteiger partial charge in [-0.3, -0.25) is 4.79 Å². The molecule has 2 aromatic heterocycles. The fraction of sp³-hybridized carbons (Fsp3) is 0.444. The summed E-state index contributed by atoms with van der Waals surface area (Å²) in [5.74, 6) is 0.841. The number of pyridine rings is 1. The molecule has 0 saturated heterocycles. The Balaban J connectivity index is 2.12. The molecule has 0 radical (unpaired) electrons. The van der Waals surface area contributed by atoms with Crippen molar-refractivity contribution in [2.24, 2.45) is 5.73 Å². The van der Waals surface area contributed by atoms with Crippen LogP contribution in [0.5, 0.6) is 5.75 Å². The van der Waals surface area contributed by atoms with E-state index in [1.807, 2.05) is 0 Å². The maximum absolute atomic E-state index is 11.2. The highest BCUT2D eigenvalue weighted by molar-refractivity contribution is 5.90. The maximum atomic E-state index is 11.2. The van der Waals surface area contributed by atoms with E-state index in [0.717, 1.165) is 12.8 Å². The van der Waals surface area contributed by atoms with Gasteiger partial charge in [-0.2, -0.15) is 0 Å². The number of aryl methyl sites for hydroxylation is 1. The second-order valence-electron chi connectivity index (χ2n) is 5.87. The fourth-order valence-electron chi connectivity index (χ4n) is 2.35. The Morgan fingerprint density at radius 3 is 2.89 bits per heavy atom. The lowest BCUT2D eigenvalue weighted by Crippen LogP contribution is -2.25. The monoisotopic (exact) mass is 375 g/mol. The van der Waals surface area contributed by atoms with Crippen LogP contribution in [0.15, 0.2) is 24.4 Å². The molecule has 146 valence electrons. The molecule has 2 heterocycles. The highest BCUT2D eigenvalue weighted by atomic mass is 16.6. The van der Waals surface area contributed by atoms with E-state index < -0.39 is 18.9 Å². The van der Waals surface area contributed by atoms with Gasteiger partial charge in [-0.25, -0.2) is 15.0 Å². The minimum absolute atomic E-state index is 0.114. The normalized spacial score (nSPS) is 11.8. The van der Waals surface area contributed by atoms with Crippen LogP contribution in [-0.4, -0.2) is 39.0 Å². The number of nitrogens with two attached hydrogens (primary N) is 1. The van der Waals surface area contributed by atoms with Gasteiger partial charge < -0.3 is 25.6 Å². The standard InChI is InChI=1S/C18H25N5O4/c1-3-4-8-16(27-11-24)23-18-15(9-20-12(2)21-18)26-10-13-6-5-7-14(22-13)17(19)25/h5-7,9,16,24H,3-4,8,10-11H2,1-2H3,(H2,19,25)(H,20,21,23). The van der Waals surface area contributed by atoms with Crippen LogP contribution in [0.1, 0.15) is 48.2 Å². The number of primary amides is 1. The second-order valence-corrected chi connectivity index (χ2v) is 5.87. The van der Waals surface area contributed by atoms with E-state index in [1.54, 1.807) is 31.3 Å². The first kappa shape index (κ1) is 20.5. The minimum atomic E-state index is -0.599. The van der Waals surface area contributed by atoms with Gasteiger partial charge in [-0.1, -0.05) is 19.4 Å². The van der Waals surface area contributed by atoms with Crippen LogP contribution >= 0.6 is 0 Å². The Bertz CT molecular complexity index is 756. The van der Waals surface area contributed by atoms with Gasteiger partial charge >= 0.3 is 0 Å². The number of hydrogen-bond acceptors (Lipinski definition) is 8. The SMILES string of the molecule is CCCCC(Nc1nc(C)ncc1OCc1cccc(C(N)=O)n1)OCO. The van der Waals surface area contributed by atoms with Crippen molar-refractivity contribution in [3.63, 3.8) is 0 Å². The van der Waals surface area contributed by atoms with E-state index in [2.05, 4.69) is 27.2 Å². The van der Waals surface area contributed by atoms with Gasteiger partial charge in [0.25, 0.3) is 5.91 Å². The molecule has 27 heavy (non-hydrogen) atoms. The van der Waals surface area contributed by atoms with Crippen LogP contribution in [0.2, 0.25) is 0 Å². The number of aliphatic hydroxyl groups is 1. The molecule has 0 aliphatic rings. The van der Waals surface area contributed by atoms with Crippen molar-refractivity contribution in [2.75, 3.05) is 12.1 Å². The fourth-order valence-corrected chi connectivity index (χ4v) is 2.35. The predicted octanol–water partition coefficient (Wildman–Crippen LogP) is 1.75. The molecule has 0 spiro atoms. The molecule has 2 rings (SSSR count). The predicted molar refractivity (Wildman–Crippen MR) is 99.0 cm³/mol. The number of aromatic nitrogens is 3. The molecule has 9 heteroatoms. The Kier molecular flexibility index (Phi) is 7.90. The summed E-state index contributed by atoms with van der Waals surface area (Å²) in [6, 6.07) is 4.96. The molecular formula is C18H25N5O4. The number of carbonyl (C=O) groups is 1. The van der Waals surface area contributed by atoms with Crippen molar-refractivity contribution in [3.8, 4) is 5.75 Å². The van der Waals surface area contributed by atoms with Crippen LogP contribution in [0, 0.1) is 6.92 Å². The Labute approximate surface area is 158 Å². The number of ether oxygens (including phenoxy) is 2. The lowest BCUT2D eigenvalue weighted by molar-refractivity contribution is -0.0419. The summed E-state index contributed by atoms with van der Waals surface area (Å²) in [6.07, 6.45) is 3.80. The first-order valence-corrected chi connectivity index (χ1v) is 8.74. The van der Waals surface area contributed by atoms with Crippen molar-refractivity contribution in [1.29, 1.82) is 0 Å². The van der Waals surface area contributed by atoms with E-state index in [-0.39, 0.29) is 12.3 Å². The summed E-state index contributed by atoms with van der Waals surface area (Å²) in [5.41, 5.74) is 5.97. The van der Waals surface area contributed by atoms with E-state index in [1.165, 1.54) is 0 Å². The zero-order chi connectivity index (χ0) is 19.6. The first-order valence-electron chi connectivity index (χ1n) is 8.74. The van der Waals surface area contributed by atoms with Gasteiger partial charge in [0.2, 0.25) is 0 Å². The molecule has 0 aliphatic carbocycles. The Morgan fingerprint density at radius 2 is 2.19 bits per heavy atom. The number of hydrogen-bond donors (Lipinski definition) is 3. The summed E-state index contributed by atoms with van der Waals surface area (Å²) in [6.45, 7) is 3.56. The number of rotatable bonds is 11. The zero-order valence-electron chi connectivity index (χ0n) is 15.5.